The summed E-state index contributed by atoms with van der Waals surface area (Å²) < 4.78 is 33.5. The summed E-state index contributed by atoms with van der Waals surface area (Å²) in [4.78, 5) is 13.0. The molecule has 33 heavy (non-hydrogen) atoms. The lowest BCUT2D eigenvalue weighted by Gasteiger charge is -2.27. The second-order valence-electron chi connectivity index (χ2n) is 8.65. The first-order chi connectivity index (χ1) is 15.7. The Bertz CT molecular complexity index is 994. The molecule has 2 aromatic carbocycles. The van der Waals surface area contributed by atoms with E-state index in [0.29, 0.717) is 23.2 Å². The number of hydrogen-bond donors (Lipinski definition) is 2. The van der Waals surface area contributed by atoms with Crippen LogP contribution < -0.4 is 0 Å². The highest BCUT2D eigenvalue weighted by Gasteiger charge is 2.27. The average molecular weight is 460 g/mol. The van der Waals surface area contributed by atoms with Gasteiger partial charge in [-0.2, -0.15) is 0 Å². The third kappa shape index (κ3) is 7.19. The number of aliphatic hydroxyl groups excluding tert-OH is 1. The Morgan fingerprint density at radius 2 is 2.06 bits per heavy atom. The van der Waals surface area contributed by atoms with E-state index in [1.807, 2.05) is 6.07 Å². The standard InChI is InChI=1S/C26H31F2NO4/c1-17-5-6-19(13-25(17)28)12-22-4-3-11-29(22)15-23(30)16-33-18(2)24-14-21(27)9-7-20(24)8-10-26(31)32/h5-10,13-14,18,22-23,30H,3-4,11-12,15-16H2,1-2H3,(H,31,32)/b10-8+/t18-,22+,23-/m1/s1. The first-order valence-electron chi connectivity index (χ1n) is 11.2. The highest BCUT2D eigenvalue weighted by molar-refractivity contribution is 5.85. The zero-order valence-electron chi connectivity index (χ0n) is 19.0. The zero-order chi connectivity index (χ0) is 24.0. The fourth-order valence-corrected chi connectivity index (χ4v) is 4.28. The topological polar surface area (TPSA) is 70.0 Å². The van der Waals surface area contributed by atoms with Gasteiger partial charge < -0.3 is 14.9 Å². The summed E-state index contributed by atoms with van der Waals surface area (Å²) >= 11 is 0. The first kappa shape index (κ1) is 25.0. The van der Waals surface area contributed by atoms with Crippen LogP contribution in [0.4, 0.5) is 8.78 Å². The normalized spacial score (nSPS) is 18.6. The molecule has 1 fully saturated rings. The third-order valence-corrected chi connectivity index (χ3v) is 6.08. The van der Waals surface area contributed by atoms with Crippen LogP contribution in [0.25, 0.3) is 6.08 Å². The highest BCUT2D eigenvalue weighted by atomic mass is 19.1. The molecule has 178 valence electrons. The van der Waals surface area contributed by atoms with Gasteiger partial charge in [0.25, 0.3) is 0 Å². The summed E-state index contributed by atoms with van der Waals surface area (Å²) in [5, 5.41) is 19.4. The predicted molar refractivity (Wildman–Crippen MR) is 123 cm³/mol. The largest absolute Gasteiger partial charge is 0.478 e. The molecule has 0 aromatic heterocycles. The molecule has 0 spiro atoms. The molecule has 0 unspecified atom stereocenters. The number of nitrogens with zero attached hydrogens (tertiary/aromatic N) is 1. The molecule has 0 aliphatic carbocycles. The Hall–Kier alpha value is -2.61. The number of carboxylic acid groups (broad SMARTS) is 1. The number of aliphatic hydroxyl groups is 1. The maximum atomic E-state index is 13.9. The third-order valence-electron chi connectivity index (χ3n) is 6.08. The quantitative estimate of drug-likeness (QED) is 0.512. The van der Waals surface area contributed by atoms with Crippen LogP contribution in [0.1, 0.15) is 48.1 Å². The van der Waals surface area contributed by atoms with Gasteiger partial charge in [0.1, 0.15) is 11.6 Å². The molecule has 1 saturated heterocycles. The molecule has 2 N–H and O–H groups in total. The first-order valence-corrected chi connectivity index (χ1v) is 11.2. The van der Waals surface area contributed by atoms with Gasteiger partial charge in [0.15, 0.2) is 0 Å². The van der Waals surface area contributed by atoms with Gasteiger partial charge in [0.05, 0.1) is 18.8 Å². The number of hydrogen-bond acceptors (Lipinski definition) is 4. The lowest BCUT2D eigenvalue weighted by Crippen LogP contribution is -2.39. The molecule has 3 rings (SSSR count). The molecular formula is C26H31F2NO4. The van der Waals surface area contributed by atoms with E-state index < -0.39 is 24.0 Å². The van der Waals surface area contributed by atoms with Crippen LogP contribution in [0.15, 0.2) is 42.5 Å². The van der Waals surface area contributed by atoms with Crippen LogP contribution in [0.2, 0.25) is 0 Å². The van der Waals surface area contributed by atoms with Crippen molar-refractivity contribution in [2.45, 2.75) is 51.4 Å². The molecule has 0 bridgehead atoms. The van der Waals surface area contributed by atoms with E-state index in [-0.39, 0.29) is 18.5 Å². The van der Waals surface area contributed by atoms with Gasteiger partial charge in [-0.1, -0.05) is 18.2 Å². The number of ether oxygens (including phenoxy) is 1. The minimum Gasteiger partial charge on any atom is -0.478 e. The van der Waals surface area contributed by atoms with Crippen molar-refractivity contribution < 1.29 is 28.5 Å². The summed E-state index contributed by atoms with van der Waals surface area (Å²) in [6, 6.07) is 9.64. The summed E-state index contributed by atoms with van der Waals surface area (Å²) in [5.74, 6) is -1.74. The van der Waals surface area contributed by atoms with Crippen LogP contribution in [0.5, 0.6) is 0 Å². The van der Waals surface area contributed by atoms with Gasteiger partial charge >= 0.3 is 5.97 Å². The molecular weight excluding hydrogens is 428 g/mol. The van der Waals surface area contributed by atoms with E-state index in [4.69, 9.17) is 9.84 Å². The van der Waals surface area contributed by atoms with Crippen molar-refractivity contribution >= 4 is 12.0 Å². The Kier molecular flexibility index (Phi) is 8.72. The van der Waals surface area contributed by atoms with Crippen molar-refractivity contribution in [1.29, 1.82) is 0 Å². The van der Waals surface area contributed by atoms with Crippen molar-refractivity contribution in [2.24, 2.45) is 0 Å². The second kappa shape index (κ2) is 11.5. The van der Waals surface area contributed by atoms with Crippen molar-refractivity contribution in [3.8, 4) is 0 Å². The molecule has 7 heteroatoms. The number of likely N-dealkylation sites (tertiary alicyclic amines) is 1. The Morgan fingerprint density at radius 1 is 1.27 bits per heavy atom. The van der Waals surface area contributed by atoms with Crippen molar-refractivity contribution in [1.82, 2.24) is 4.90 Å². The van der Waals surface area contributed by atoms with Crippen molar-refractivity contribution in [3.05, 3.63) is 76.4 Å². The van der Waals surface area contributed by atoms with Gasteiger partial charge in [-0.15, -0.1) is 0 Å². The maximum Gasteiger partial charge on any atom is 0.328 e. The molecule has 5 nitrogen and oxygen atoms in total. The van der Waals surface area contributed by atoms with E-state index in [9.17, 15) is 18.7 Å². The smallest absolute Gasteiger partial charge is 0.328 e. The number of aryl methyl sites for hydroxylation is 1. The Morgan fingerprint density at radius 3 is 2.79 bits per heavy atom. The Labute approximate surface area is 193 Å². The minimum absolute atomic E-state index is 0.0577. The summed E-state index contributed by atoms with van der Waals surface area (Å²) in [5.41, 5.74) is 2.64. The maximum absolute atomic E-state index is 13.9. The zero-order valence-corrected chi connectivity index (χ0v) is 19.0. The highest BCUT2D eigenvalue weighted by Crippen LogP contribution is 2.25. The number of aliphatic carboxylic acids is 1. The number of carbonyl (C=O) groups is 1. The van der Waals surface area contributed by atoms with E-state index in [1.165, 1.54) is 24.3 Å². The van der Waals surface area contributed by atoms with Crippen LogP contribution in [-0.2, 0) is 16.0 Å². The molecule has 2 aromatic rings. The van der Waals surface area contributed by atoms with E-state index in [1.54, 1.807) is 26.0 Å². The molecule has 3 atom stereocenters. The lowest BCUT2D eigenvalue weighted by molar-refractivity contribution is -0.131. The van der Waals surface area contributed by atoms with Gasteiger partial charge in [-0.3, -0.25) is 4.90 Å². The second-order valence-corrected chi connectivity index (χ2v) is 8.65. The van der Waals surface area contributed by atoms with Gasteiger partial charge in [0.2, 0.25) is 0 Å². The van der Waals surface area contributed by atoms with Crippen LogP contribution in [-0.4, -0.2) is 52.9 Å². The van der Waals surface area contributed by atoms with Crippen molar-refractivity contribution in [3.63, 3.8) is 0 Å². The van der Waals surface area contributed by atoms with Gasteiger partial charge in [-0.25, -0.2) is 13.6 Å². The molecule has 0 radical (unpaired) electrons. The summed E-state index contributed by atoms with van der Waals surface area (Å²) in [7, 11) is 0. The summed E-state index contributed by atoms with van der Waals surface area (Å²) in [6.45, 7) is 4.83. The number of carboxylic acids is 1. The number of β-amino-alcohol motifs (C(OH)–C–C–N with tert-alkyl or cyclic N) is 1. The molecule has 0 amide bonds. The SMILES string of the molecule is Cc1ccc(C[C@@H]2CCCN2C[C@@H](O)CO[C@H](C)c2cc(F)ccc2/C=C/C(=O)O)cc1F. The fourth-order valence-electron chi connectivity index (χ4n) is 4.28. The lowest BCUT2D eigenvalue weighted by atomic mass is 10.0. The summed E-state index contributed by atoms with van der Waals surface area (Å²) in [6.07, 6.45) is 3.85. The van der Waals surface area contributed by atoms with E-state index in [0.717, 1.165) is 37.4 Å². The monoisotopic (exact) mass is 459 g/mol. The molecule has 0 saturated carbocycles. The predicted octanol–water partition coefficient (Wildman–Crippen LogP) is 4.52. The minimum atomic E-state index is -1.09. The average Bonchev–Trinajstić information content (AvgIpc) is 3.19. The van der Waals surface area contributed by atoms with Gasteiger partial charge in [-0.05, 0) is 86.2 Å². The molecule has 1 heterocycles. The number of rotatable bonds is 10. The van der Waals surface area contributed by atoms with Crippen LogP contribution >= 0.6 is 0 Å². The number of halogens is 2. The van der Waals surface area contributed by atoms with Crippen LogP contribution in [0.3, 0.4) is 0 Å². The Balaban J connectivity index is 1.56. The fraction of sp³-hybridized carbons (Fsp3) is 0.423. The van der Waals surface area contributed by atoms with Crippen LogP contribution in [0, 0.1) is 18.6 Å². The van der Waals surface area contributed by atoms with Crippen molar-refractivity contribution in [2.75, 3.05) is 19.7 Å². The van der Waals surface area contributed by atoms with E-state index in [2.05, 4.69) is 4.90 Å². The van der Waals surface area contributed by atoms with E-state index >= 15 is 0 Å². The molecule has 1 aliphatic heterocycles. The number of benzene rings is 2. The molecule has 1 aliphatic rings. The van der Waals surface area contributed by atoms with Gasteiger partial charge in [0, 0.05) is 18.7 Å².